The average Bonchev–Trinajstić information content (AvgIpc) is 2.36. The third kappa shape index (κ3) is 7.37. The van der Waals surface area contributed by atoms with Crippen LogP contribution >= 0.6 is 7.82 Å². The summed E-state index contributed by atoms with van der Waals surface area (Å²) in [7, 11) is -4.89. The Balaban J connectivity index is 2.99. The molecule has 0 saturated carbocycles. The maximum Gasteiger partial charge on any atom is 0.471 e. The van der Waals surface area contributed by atoms with Crippen LogP contribution in [0.3, 0.4) is 0 Å². The number of rotatable bonds is 6. The molecule has 11 nitrogen and oxygen atoms in total. The zero-order valence-electron chi connectivity index (χ0n) is 13.2. The summed E-state index contributed by atoms with van der Waals surface area (Å²) >= 11 is 0. The van der Waals surface area contributed by atoms with Crippen LogP contribution in [-0.2, 0) is 42.4 Å². The van der Waals surface area contributed by atoms with E-state index in [9.17, 15) is 18.9 Å². The molecular formula is C12H19O11P. The number of hydrogen-bond donors (Lipinski definition) is 2. The second kappa shape index (κ2) is 8.54. The summed E-state index contributed by atoms with van der Waals surface area (Å²) in [4.78, 5) is 51.2. The van der Waals surface area contributed by atoms with Crippen molar-refractivity contribution in [3.8, 4) is 0 Å². The molecule has 138 valence electrons. The molecule has 0 aromatic rings. The van der Waals surface area contributed by atoms with Gasteiger partial charge in [0.05, 0.1) is 0 Å². The van der Waals surface area contributed by atoms with Crippen LogP contribution in [0.4, 0.5) is 0 Å². The zero-order valence-corrected chi connectivity index (χ0v) is 14.1. The lowest BCUT2D eigenvalue weighted by Gasteiger charge is -2.39. The molecule has 1 aliphatic heterocycles. The van der Waals surface area contributed by atoms with Gasteiger partial charge in [-0.25, -0.2) is 4.57 Å². The predicted molar refractivity (Wildman–Crippen MR) is 74.1 cm³/mol. The molecular weight excluding hydrogens is 351 g/mol. The van der Waals surface area contributed by atoms with Gasteiger partial charge in [0.1, 0.15) is 18.8 Å². The molecule has 1 fully saturated rings. The van der Waals surface area contributed by atoms with E-state index in [1.54, 1.807) is 0 Å². The normalized spacial score (nSPS) is 27.2. The molecule has 0 bridgehead atoms. The van der Waals surface area contributed by atoms with Crippen LogP contribution in [0.1, 0.15) is 27.2 Å². The Labute approximate surface area is 137 Å². The Morgan fingerprint density at radius 2 is 1.67 bits per heavy atom. The standard InChI is InChI=1S/C12H19O11P/c1-6(13)19-5-10-12(21-8(3)15)9(20-7(2)14)4-11(22-10)23-24(16,17)18/h9-12H,4-5H2,1-3H3,(H2,16,17,18)/t9-,10-,11?,12+/m1/s1. The predicted octanol–water partition coefficient (Wildman–Crippen LogP) is -0.363. The van der Waals surface area contributed by atoms with Crippen molar-refractivity contribution in [1.29, 1.82) is 0 Å². The fourth-order valence-corrected chi connectivity index (χ4v) is 2.56. The topological polar surface area (TPSA) is 155 Å². The Hall–Kier alpha value is -1.52. The summed E-state index contributed by atoms with van der Waals surface area (Å²) in [5.74, 6) is -2.06. The highest BCUT2D eigenvalue weighted by atomic mass is 31.2. The van der Waals surface area contributed by atoms with Crippen molar-refractivity contribution < 1.29 is 52.2 Å². The minimum Gasteiger partial charge on any atom is -0.463 e. The number of phosphoric ester groups is 1. The highest BCUT2D eigenvalue weighted by Crippen LogP contribution is 2.41. The minimum absolute atomic E-state index is 0.292. The lowest BCUT2D eigenvalue weighted by molar-refractivity contribution is -0.248. The van der Waals surface area contributed by atoms with Gasteiger partial charge in [-0.05, 0) is 0 Å². The Kier molecular flexibility index (Phi) is 7.30. The first-order valence-electron chi connectivity index (χ1n) is 6.85. The van der Waals surface area contributed by atoms with Crippen LogP contribution in [0.15, 0.2) is 0 Å². The van der Waals surface area contributed by atoms with Crippen LogP contribution in [-0.4, -0.2) is 58.9 Å². The first-order valence-corrected chi connectivity index (χ1v) is 8.38. The number of esters is 3. The molecule has 0 aromatic heterocycles. The maximum atomic E-state index is 11.3. The lowest BCUT2D eigenvalue weighted by Crippen LogP contribution is -2.54. The Morgan fingerprint density at radius 1 is 1.08 bits per heavy atom. The van der Waals surface area contributed by atoms with Crippen molar-refractivity contribution in [1.82, 2.24) is 0 Å². The molecule has 2 N–H and O–H groups in total. The fourth-order valence-electron chi connectivity index (χ4n) is 2.12. The quantitative estimate of drug-likeness (QED) is 0.357. The zero-order chi connectivity index (χ0) is 18.5. The third-order valence-electron chi connectivity index (χ3n) is 2.81. The first kappa shape index (κ1) is 20.5. The van der Waals surface area contributed by atoms with Crippen molar-refractivity contribution >= 4 is 25.7 Å². The number of carbonyl (C=O) groups excluding carboxylic acids is 3. The SMILES string of the molecule is CC(=O)OC[C@H]1OC(OP(=O)(O)O)C[C@@H](OC(C)=O)[C@@H]1OC(C)=O. The van der Waals surface area contributed by atoms with E-state index in [-0.39, 0.29) is 6.42 Å². The third-order valence-corrected chi connectivity index (χ3v) is 3.32. The van der Waals surface area contributed by atoms with Crippen LogP contribution in [0.25, 0.3) is 0 Å². The van der Waals surface area contributed by atoms with Gasteiger partial charge in [-0.3, -0.25) is 18.9 Å². The van der Waals surface area contributed by atoms with Crippen molar-refractivity contribution in [3.05, 3.63) is 0 Å². The summed E-state index contributed by atoms with van der Waals surface area (Å²) in [6, 6.07) is 0. The summed E-state index contributed by atoms with van der Waals surface area (Å²) in [6.07, 6.45) is -5.13. The highest BCUT2D eigenvalue weighted by molar-refractivity contribution is 7.46. The van der Waals surface area contributed by atoms with Gasteiger partial charge in [0.15, 0.2) is 12.4 Å². The van der Waals surface area contributed by atoms with Gasteiger partial charge >= 0.3 is 25.7 Å². The van der Waals surface area contributed by atoms with Crippen LogP contribution in [0.2, 0.25) is 0 Å². The maximum absolute atomic E-state index is 11.3. The second-order valence-corrected chi connectivity index (χ2v) is 6.15. The number of phosphoric acid groups is 1. The number of hydrogen-bond acceptors (Lipinski definition) is 9. The minimum atomic E-state index is -4.89. The van der Waals surface area contributed by atoms with Gasteiger partial charge in [0.2, 0.25) is 0 Å². The van der Waals surface area contributed by atoms with Gasteiger partial charge < -0.3 is 28.7 Å². The molecule has 4 atom stereocenters. The summed E-state index contributed by atoms with van der Waals surface area (Å²) in [5.41, 5.74) is 0. The average molecular weight is 370 g/mol. The largest absolute Gasteiger partial charge is 0.471 e. The van der Waals surface area contributed by atoms with Crippen molar-refractivity contribution in [2.45, 2.75) is 51.8 Å². The van der Waals surface area contributed by atoms with E-state index in [4.69, 9.17) is 28.7 Å². The van der Waals surface area contributed by atoms with Crippen molar-refractivity contribution in [2.75, 3.05) is 6.61 Å². The van der Waals surface area contributed by atoms with E-state index in [1.807, 2.05) is 0 Å². The van der Waals surface area contributed by atoms with Crippen LogP contribution in [0, 0.1) is 0 Å². The van der Waals surface area contributed by atoms with E-state index in [1.165, 1.54) is 0 Å². The Bertz CT molecular complexity index is 527. The monoisotopic (exact) mass is 370 g/mol. The fraction of sp³-hybridized carbons (Fsp3) is 0.750. The van der Waals surface area contributed by atoms with E-state index < -0.39 is 56.9 Å². The molecule has 1 rings (SSSR count). The van der Waals surface area contributed by atoms with Crippen LogP contribution in [0.5, 0.6) is 0 Å². The molecule has 0 spiro atoms. The molecule has 0 radical (unpaired) electrons. The molecule has 24 heavy (non-hydrogen) atoms. The van der Waals surface area contributed by atoms with Gasteiger partial charge in [0, 0.05) is 27.2 Å². The molecule has 1 saturated heterocycles. The van der Waals surface area contributed by atoms with Gasteiger partial charge in [-0.2, -0.15) is 0 Å². The number of carbonyl (C=O) groups is 3. The summed E-state index contributed by atoms with van der Waals surface area (Å²) in [5, 5.41) is 0. The first-order chi connectivity index (χ1) is 11.0. The lowest BCUT2D eigenvalue weighted by atomic mass is 10.0. The molecule has 1 unspecified atom stereocenters. The Morgan fingerprint density at radius 3 is 2.12 bits per heavy atom. The number of ether oxygens (including phenoxy) is 4. The molecule has 12 heteroatoms. The highest BCUT2D eigenvalue weighted by Gasteiger charge is 2.45. The van der Waals surface area contributed by atoms with Crippen LogP contribution < -0.4 is 0 Å². The van der Waals surface area contributed by atoms with E-state index in [2.05, 4.69) is 4.52 Å². The van der Waals surface area contributed by atoms with Crippen molar-refractivity contribution in [2.24, 2.45) is 0 Å². The van der Waals surface area contributed by atoms with E-state index in [0.29, 0.717) is 0 Å². The van der Waals surface area contributed by atoms with E-state index in [0.717, 1.165) is 20.8 Å². The van der Waals surface area contributed by atoms with Gasteiger partial charge in [-0.15, -0.1) is 0 Å². The van der Waals surface area contributed by atoms with Gasteiger partial charge in [-0.1, -0.05) is 0 Å². The molecule has 0 aromatic carbocycles. The molecule has 1 heterocycles. The summed E-state index contributed by atoms with van der Waals surface area (Å²) in [6.45, 7) is 2.97. The summed E-state index contributed by atoms with van der Waals surface area (Å²) < 4.78 is 35.5. The second-order valence-electron chi connectivity index (χ2n) is 4.96. The van der Waals surface area contributed by atoms with Crippen molar-refractivity contribution in [3.63, 3.8) is 0 Å². The smallest absolute Gasteiger partial charge is 0.463 e. The molecule has 0 aliphatic carbocycles. The molecule has 1 aliphatic rings. The molecule has 0 amide bonds. The van der Waals surface area contributed by atoms with Gasteiger partial charge in [0.25, 0.3) is 0 Å². The van der Waals surface area contributed by atoms with E-state index >= 15 is 0 Å².